The van der Waals surface area contributed by atoms with Gasteiger partial charge in [-0.05, 0) is 6.92 Å². The molecule has 0 saturated heterocycles. The fraction of sp³-hybridized carbons (Fsp3) is 0.571. The van der Waals surface area contributed by atoms with E-state index in [1.807, 2.05) is 0 Å². The predicted octanol–water partition coefficient (Wildman–Crippen LogP) is 2.00. The first-order valence-electron chi connectivity index (χ1n) is 3.87. The van der Waals surface area contributed by atoms with Crippen molar-refractivity contribution in [1.82, 2.24) is 14.8 Å². The Hall–Kier alpha value is -0.560. The number of halogens is 4. The second-order valence-electron chi connectivity index (χ2n) is 2.95. The first-order chi connectivity index (χ1) is 6.87. The number of nitrogens with zero attached hydrogens (tertiary/aromatic N) is 3. The molecule has 1 aromatic heterocycles. The third-order valence-corrected chi connectivity index (χ3v) is 2.96. The molecule has 0 aliphatic heterocycles. The first kappa shape index (κ1) is 12.5. The normalized spacial score (nSPS) is 17.5. The molecule has 0 aliphatic rings. The van der Waals surface area contributed by atoms with Crippen LogP contribution in [0.15, 0.2) is 12.7 Å². The van der Waals surface area contributed by atoms with Gasteiger partial charge in [0.05, 0.1) is 0 Å². The second kappa shape index (κ2) is 4.52. The monoisotopic (exact) mass is 301 g/mol. The van der Waals surface area contributed by atoms with Crippen molar-refractivity contribution in [3.05, 3.63) is 12.7 Å². The topological polar surface area (TPSA) is 47.8 Å². The van der Waals surface area contributed by atoms with Gasteiger partial charge in [-0.25, -0.2) is 18.4 Å². The van der Waals surface area contributed by atoms with E-state index in [1.165, 1.54) is 12.7 Å². The number of ketones is 1. The highest BCUT2D eigenvalue weighted by Crippen LogP contribution is 2.31. The summed E-state index contributed by atoms with van der Waals surface area (Å²) in [5.74, 6) is -0.871. The minimum absolute atomic E-state index is 0.871. The summed E-state index contributed by atoms with van der Waals surface area (Å²) in [6.07, 6.45) is -0.527. The summed E-state index contributed by atoms with van der Waals surface area (Å²) in [5.41, 5.74) is 0. The highest BCUT2D eigenvalue weighted by Gasteiger charge is 2.44. The van der Waals surface area contributed by atoms with Gasteiger partial charge in [-0.1, -0.05) is 15.9 Å². The van der Waals surface area contributed by atoms with Crippen molar-refractivity contribution in [2.75, 3.05) is 0 Å². The number of rotatable bonds is 4. The van der Waals surface area contributed by atoms with Crippen molar-refractivity contribution >= 4 is 33.3 Å². The number of hydrogen-bond acceptors (Lipinski definition) is 3. The van der Waals surface area contributed by atoms with Gasteiger partial charge in [-0.3, -0.25) is 4.79 Å². The molecule has 2 unspecified atom stereocenters. The van der Waals surface area contributed by atoms with Crippen LogP contribution in [0.25, 0.3) is 0 Å². The maximum Gasteiger partial charge on any atom is 0.264 e. The quantitative estimate of drug-likeness (QED) is 0.799. The van der Waals surface area contributed by atoms with E-state index in [0.29, 0.717) is 0 Å². The molecule has 15 heavy (non-hydrogen) atoms. The zero-order valence-corrected chi connectivity index (χ0v) is 9.91. The van der Waals surface area contributed by atoms with Crippen LogP contribution in [0, 0.1) is 0 Å². The zero-order valence-electron chi connectivity index (χ0n) is 7.57. The molecule has 0 saturated carbocycles. The largest absolute Gasteiger partial charge is 0.294 e. The van der Waals surface area contributed by atoms with Crippen LogP contribution in [0.3, 0.4) is 0 Å². The van der Waals surface area contributed by atoms with Crippen molar-refractivity contribution in [3.63, 3.8) is 0 Å². The molecule has 0 radical (unpaired) electrons. The minimum atomic E-state index is -2.95. The number of carbonyl (C=O) groups excluding carboxylic acids is 1. The van der Waals surface area contributed by atoms with Crippen molar-refractivity contribution in [2.24, 2.45) is 0 Å². The molecule has 0 amide bonds. The van der Waals surface area contributed by atoms with Crippen LogP contribution in [0.1, 0.15) is 11.9 Å². The lowest BCUT2D eigenvalue weighted by atomic mass is 10.1. The Bertz CT molecular complexity index is 344. The van der Waals surface area contributed by atoms with E-state index >= 15 is 0 Å². The van der Waals surface area contributed by atoms with E-state index in [2.05, 4.69) is 26.0 Å². The summed E-state index contributed by atoms with van der Waals surface area (Å²) < 4.78 is 26.0. The summed E-state index contributed by atoms with van der Waals surface area (Å²) in [6.45, 7) is 0.965. The molecule has 1 aromatic rings. The highest BCUT2D eigenvalue weighted by molar-refractivity contribution is 9.09. The van der Waals surface area contributed by atoms with Crippen LogP contribution in [0.4, 0.5) is 8.78 Å². The molecule has 1 heterocycles. The Kier molecular flexibility index (Phi) is 3.77. The first-order valence-corrected chi connectivity index (χ1v) is 5.16. The van der Waals surface area contributed by atoms with E-state index in [-0.39, 0.29) is 0 Å². The Labute approximate surface area is 97.7 Å². The van der Waals surface area contributed by atoms with Gasteiger partial charge in [-0.15, -0.1) is 11.6 Å². The number of alkyl halides is 4. The number of Topliss-reactive ketones (excluding diaryl/α,β-unsaturated/α-hetero) is 1. The van der Waals surface area contributed by atoms with Crippen LogP contribution in [-0.4, -0.2) is 31.8 Å². The van der Waals surface area contributed by atoms with E-state index in [0.717, 1.165) is 11.6 Å². The van der Waals surface area contributed by atoms with E-state index < -0.39 is 22.0 Å². The van der Waals surface area contributed by atoms with Gasteiger partial charge in [0.2, 0.25) is 0 Å². The van der Waals surface area contributed by atoms with Crippen LogP contribution in [0.5, 0.6) is 0 Å². The van der Waals surface area contributed by atoms with E-state index in [9.17, 15) is 13.6 Å². The fourth-order valence-electron chi connectivity index (χ4n) is 0.795. The third-order valence-electron chi connectivity index (χ3n) is 1.78. The van der Waals surface area contributed by atoms with Crippen molar-refractivity contribution < 1.29 is 13.6 Å². The smallest absolute Gasteiger partial charge is 0.264 e. The van der Waals surface area contributed by atoms with Crippen LogP contribution in [-0.2, 0) is 4.79 Å². The molecule has 0 fully saturated rings. The van der Waals surface area contributed by atoms with E-state index in [1.54, 1.807) is 0 Å². The lowest BCUT2D eigenvalue weighted by molar-refractivity contribution is -0.125. The molecule has 8 heteroatoms. The van der Waals surface area contributed by atoms with Gasteiger partial charge < -0.3 is 0 Å². The highest BCUT2D eigenvalue weighted by atomic mass is 79.9. The average Bonchev–Trinajstić information content (AvgIpc) is 2.67. The Morgan fingerprint density at radius 3 is 2.67 bits per heavy atom. The van der Waals surface area contributed by atoms with Gasteiger partial charge in [0.1, 0.15) is 12.7 Å². The fourth-order valence-corrected chi connectivity index (χ4v) is 1.72. The standard InChI is InChI=1S/C7H7BrClF2N3O/c1-7(9,6(10)11)4(15)5(8)14-3-12-2-13-14/h2-3,5-6H,1H3. The van der Waals surface area contributed by atoms with Crippen LogP contribution >= 0.6 is 27.5 Å². The van der Waals surface area contributed by atoms with Crippen molar-refractivity contribution in [3.8, 4) is 0 Å². The van der Waals surface area contributed by atoms with Gasteiger partial charge in [0.15, 0.2) is 15.6 Å². The van der Waals surface area contributed by atoms with Crippen LogP contribution in [0.2, 0.25) is 0 Å². The Balaban J connectivity index is 2.86. The van der Waals surface area contributed by atoms with Gasteiger partial charge >= 0.3 is 0 Å². The molecule has 84 valence electrons. The summed E-state index contributed by atoms with van der Waals surface area (Å²) in [5, 5.41) is 3.64. The Morgan fingerprint density at radius 1 is 1.67 bits per heavy atom. The van der Waals surface area contributed by atoms with Crippen LogP contribution < -0.4 is 0 Å². The molecule has 0 aromatic carbocycles. The summed E-state index contributed by atoms with van der Waals surface area (Å²) >= 11 is 8.37. The van der Waals surface area contributed by atoms with Crippen molar-refractivity contribution in [1.29, 1.82) is 0 Å². The number of carbonyl (C=O) groups is 1. The molecule has 0 N–H and O–H groups in total. The molecular formula is C7H7BrClF2N3O. The summed E-state index contributed by atoms with van der Waals surface area (Å²) in [7, 11) is 0. The molecule has 0 aliphatic carbocycles. The lowest BCUT2D eigenvalue weighted by Crippen LogP contribution is -2.40. The summed E-state index contributed by atoms with van der Waals surface area (Å²) in [6, 6.07) is 0. The molecule has 0 spiro atoms. The molecule has 0 bridgehead atoms. The Morgan fingerprint density at radius 2 is 2.27 bits per heavy atom. The lowest BCUT2D eigenvalue weighted by Gasteiger charge is -2.22. The van der Waals surface area contributed by atoms with Gasteiger partial charge in [-0.2, -0.15) is 5.10 Å². The maximum absolute atomic E-state index is 12.4. The average molecular weight is 303 g/mol. The number of aromatic nitrogens is 3. The van der Waals surface area contributed by atoms with E-state index in [4.69, 9.17) is 11.6 Å². The zero-order chi connectivity index (χ0) is 11.6. The number of hydrogen-bond donors (Lipinski definition) is 0. The molecular weight excluding hydrogens is 295 g/mol. The summed E-state index contributed by atoms with van der Waals surface area (Å²) in [4.78, 5) is 11.9. The van der Waals surface area contributed by atoms with Gasteiger partial charge in [0, 0.05) is 0 Å². The SMILES string of the molecule is CC(Cl)(C(=O)C(Br)n1cncn1)C(F)F. The molecule has 1 rings (SSSR count). The van der Waals surface area contributed by atoms with Crippen molar-refractivity contribution in [2.45, 2.75) is 23.2 Å². The third kappa shape index (κ3) is 2.52. The molecule has 4 nitrogen and oxygen atoms in total. The second-order valence-corrected chi connectivity index (χ2v) is 4.60. The van der Waals surface area contributed by atoms with Gasteiger partial charge in [0.25, 0.3) is 6.43 Å². The molecule has 2 atom stereocenters. The predicted molar refractivity (Wildman–Crippen MR) is 53.3 cm³/mol. The minimum Gasteiger partial charge on any atom is -0.294 e. The maximum atomic E-state index is 12.4.